The van der Waals surface area contributed by atoms with Gasteiger partial charge in [-0.25, -0.2) is 0 Å². The molecule has 3 fully saturated rings. The molecular weight excluding hydrogens is 256 g/mol. The third-order valence-corrected chi connectivity index (χ3v) is 6.45. The average molecular weight is 293 g/mol. The van der Waals surface area contributed by atoms with Crippen molar-refractivity contribution < 1.29 is 0 Å². The Morgan fingerprint density at radius 3 is 2.24 bits per heavy atom. The fourth-order valence-electron chi connectivity index (χ4n) is 5.34. The summed E-state index contributed by atoms with van der Waals surface area (Å²) in [5, 5.41) is 3.77. The maximum atomic E-state index is 3.77. The number of likely N-dealkylation sites (tertiary alicyclic amines) is 1. The van der Waals surface area contributed by atoms with Crippen LogP contribution in [0.25, 0.3) is 0 Å². The fraction of sp³-hybridized carbons (Fsp3) is 1.00. The van der Waals surface area contributed by atoms with Crippen molar-refractivity contribution in [3.8, 4) is 0 Å². The smallest absolute Gasteiger partial charge is 0.00504 e. The molecule has 0 amide bonds. The van der Waals surface area contributed by atoms with Crippen LogP contribution in [-0.2, 0) is 0 Å². The highest BCUT2D eigenvalue weighted by Crippen LogP contribution is 2.41. The first kappa shape index (κ1) is 15.8. The van der Waals surface area contributed by atoms with Gasteiger partial charge in [0, 0.05) is 26.2 Å². The average Bonchev–Trinajstić information content (AvgIpc) is 2.96. The molecule has 2 aliphatic carbocycles. The van der Waals surface area contributed by atoms with E-state index < -0.39 is 0 Å². The van der Waals surface area contributed by atoms with E-state index in [4.69, 9.17) is 0 Å². The highest BCUT2D eigenvalue weighted by Gasteiger charge is 2.40. The first-order valence-corrected chi connectivity index (χ1v) is 9.74. The Morgan fingerprint density at radius 2 is 1.62 bits per heavy atom. The number of hydrogen-bond acceptors (Lipinski definition) is 2. The zero-order chi connectivity index (χ0) is 14.5. The molecule has 0 spiro atoms. The van der Waals surface area contributed by atoms with Gasteiger partial charge in [0.15, 0.2) is 0 Å². The molecule has 1 aliphatic heterocycles. The zero-order valence-electron chi connectivity index (χ0n) is 14.2. The van der Waals surface area contributed by atoms with Gasteiger partial charge >= 0.3 is 0 Å². The summed E-state index contributed by atoms with van der Waals surface area (Å²) >= 11 is 0. The minimum atomic E-state index is 0.588. The number of nitrogens with zero attached hydrogens (tertiary/aromatic N) is 1. The minimum absolute atomic E-state index is 0.588. The van der Waals surface area contributed by atoms with Gasteiger partial charge in [0.1, 0.15) is 0 Å². The molecule has 2 saturated carbocycles. The Bertz CT molecular complexity index is 295. The standard InChI is InChI=1S/C19H36N2/c1-2-12-20-15-19(10-5-3-4-6-11-19)16-21-13-17-8-7-9-18(17)14-21/h17-18,20H,2-16H2,1H3. The maximum absolute atomic E-state index is 3.77. The molecule has 0 aromatic rings. The summed E-state index contributed by atoms with van der Waals surface area (Å²) in [5.74, 6) is 2.10. The van der Waals surface area contributed by atoms with Gasteiger partial charge in [-0.1, -0.05) is 39.0 Å². The predicted molar refractivity (Wildman–Crippen MR) is 90.6 cm³/mol. The lowest BCUT2D eigenvalue weighted by Gasteiger charge is -2.37. The molecule has 122 valence electrons. The summed E-state index contributed by atoms with van der Waals surface area (Å²) in [7, 11) is 0. The minimum Gasteiger partial charge on any atom is -0.316 e. The molecule has 1 N–H and O–H groups in total. The van der Waals surface area contributed by atoms with Gasteiger partial charge in [-0.15, -0.1) is 0 Å². The van der Waals surface area contributed by atoms with E-state index in [1.165, 1.54) is 96.9 Å². The molecule has 2 nitrogen and oxygen atoms in total. The molecule has 0 bridgehead atoms. The fourth-order valence-corrected chi connectivity index (χ4v) is 5.34. The molecule has 21 heavy (non-hydrogen) atoms. The van der Waals surface area contributed by atoms with Crippen LogP contribution in [-0.4, -0.2) is 37.6 Å². The summed E-state index contributed by atoms with van der Waals surface area (Å²) in [6.45, 7) is 8.98. The van der Waals surface area contributed by atoms with E-state index in [2.05, 4.69) is 17.1 Å². The lowest BCUT2D eigenvalue weighted by Crippen LogP contribution is -2.44. The van der Waals surface area contributed by atoms with Crippen LogP contribution >= 0.6 is 0 Å². The molecule has 0 aromatic heterocycles. The van der Waals surface area contributed by atoms with Gasteiger partial charge in [0.2, 0.25) is 0 Å². The van der Waals surface area contributed by atoms with Gasteiger partial charge < -0.3 is 10.2 Å². The van der Waals surface area contributed by atoms with Crippen LogP contribution in [0.2, 0.25) is 0 Å². The molecular formula is C19H36N2. The Labute approximate surface area is 132 Å². The monoisotopic (exact) mass is 292 g/mol. The molecule has 0 radical (unpaired) electrons. The number of nitrogens with one attached hydrogen (secondary N) is 1. The Morgan fingerprint density at radius 1 is 0.952 bits per heavy atom. The lowest BCUT2D eigenvalue weighted by molar-refractivity contribution is 0.139. The van der Waals surface area contributed by atoms with Crippen LogP contribution in [0, 0.1) is 17.3 Å². The van der Waals surface area contributed by atoms with Crippen molar-refractivity contribution in [2.45, 2.75) is 71.1 Å². The number of hydrogen-bond donors (Lipinski definition) is 1. The van der Waals surface area contributed by atoms with Gasteiger partial charge in [0.05, 0.1) is 0 Å². The van der Waals surface area contributed by atoms with Crippen LogP contribution in [0.15, 0.2) is 0 Å². The van der Waals surface area contributed by atoms with E-state index in [-0.39, 0.29) is 0 Å². The van der Waals surface area contributed by atoms with Crippen molar-refractivity contribution in [1.82, 2.24) is 10.2 Å². The van der Waals surface area contributed by atoms with Crippen molar-refractivity contribution in [2.24, 2.45) is 17.3 Å². The summed E-state index contributed by atoms with van der Waals surface area (Å²) < 4.78 is 0. The van der Waals surface area contributed by atoms with E-state index in [9.17, 15) is 0 Å². The quantitative estimate of drug-likeness (QED) is 0.587. The molecule has 2 heteroatoms. The summed E-state index contributed by atoms with van der Waals surface area (Å²) in [5.41, 5.74) is 0.588. The molecule has 2 atom stereocenters. The summed E-state index contributed by atoms with van der Waals surface area (Å²) in [4.78, 5) is 2.85. The van der Waals surface area contributed by atoms with Crippen molar-refractivity contribution in [3.63, 3.8) is 0 Å². The van der Waals surface area contributed by atoms with E-state index in [0.717, 1.165) is 11.8 Å². The second-order valence-electron chi connectivity index (χ2n) is 8.24. The normalized spacial score (nSPS) is 33.0. The van der Waals surface area contributed by atoms with Crippen LogP contribution in [0.1, 0.15) is 71.1 Å². The Kier molecular flexibility index (Phi) is 5.61. The molecule has 3 rings (SSSR count). The first-order valence-electron chi connectivity index (χ1n) is 9.74. The van der Waals surface area contributed by atoms with E-state index in [1.54, 1.807) is 0 Å². The van der Waals surface area contributed by atoms with Crippen LogP contribution in [0.4, 0.5) is 0 Å². The summed E-state index contributed by atoms with van der Waals surface area (Å²) in [6, 6.07) is 0. The largest absolute Gasteiger partial charge is 0.316 e. The highest BCUT2D eigenvalue weighted by atomic mass is 15.2. The molecule has 1 heterocycles. The van der Waals surface area contributed by atoms with E-state index >= 15 is 0 Å². The van der Waals surface area contributed by atoms with Crippen LogP contribution in [0.3, 0.4) is 0 Å². The number of fused-ring (bicyclic) bond motifs is 1. The molecule has 0 aromatic carbocycles. The van der Waals surface area contributed by atoms with Gasteiger partial charge in [-0.2, -0.15) is 0 Å². The van der Waals surface area contributed by atoms with Crippen molar-refractivity contribution >= 4 is 0 Å². The van der Waals surface area contributed by atoms with Crippen molar-refractivity contribution in [1.29, 1.82) is 0 Å². The third kappa shape index (κ3) is 4.01. The lowest BCUT2D eigenvalue weighted by atomic mass is 9.79. The first-order chi connectivity index (χ1) is 10.3. The van der Waals surface area contributed by atoms with E-state index in [1.807, 2.05) is 0 Å². The van der Waals surface area contributed by atoms with Crippen LogP contribution < -0.4 is 5.32 Å². The van der Waals surface area contributed by atoms with Crippen molar-refractivity contribution in [3.05, 3.63) is 0 Å². The SMILES string of the molecule is CCCNCC1(CN2CC3CCCC3C2)CCCCCC1. The number of rotatable bonds is 6. The molecule has 3 aliphatic rings. The van der Waals surface area contributed by atoms with E-state index in [0.29, 0.717) is 5.41 Å². The molecule has 1 saturated heterocycles. The van der Waals surface area contributed by atoms with Crippen LogP contribution in [0.5, 0.6) is 0 Å². The van der Waals surface area contributed by atoms with Gasteiger partial charge in [-0.05, 0) is 55.9 Å². The third-order valence-electron chi connectivity index (χ3n) is 6.45. The van der Waals surface area contributed by atoms with Crippen molar-refractivity contribution in [2.75, 3.05) is 32.7 Å². The Balaban J connectivity index is 1.58. The predicted octanol–water partition coefficient (Wildman–Crippen LogP) is 4.06. The summed E-state index contributed by atoms with van der Waals surface area (Å²) in [6.07, 6.45) is 14.6. The topological polar surface area (TPSA) is 15.3 Å². The van der Waals surface area contributed by atoms with Gasteiger partial charge in [-0.3, -0.25) is 0 Å². The highest BCUT2D eigenvalue weighted by molar-refractivity contribution is 4.93. The molecule has 2 unspecified atom stereocenters. The van der Waals surface area contributed by atoms with Gasteiger partial charge in [0.25, 0.3) is 0 Å². The maximum Gasteiger partial charge on any atom is 0.00504 e. The second-order valence-corrected chi connectivity index (χ2v) is 8.24. The Hall–Kier alpha value is -0.0800. The zero-order valence-corrected chi connectivity index (χ0v) is 14.2. The second kappa shape index (κ2) is 7.46.